The van der Waals surface area contributed by atoms with Crippen molar-refractivity contribution in [3.8, 4) is 11.5 Å². The lowest BCUT2D eigenvalue weighted by Gasteiger charge is -2.27. The van der Waals surface area contributed by atoms with Gasteiger partial charge < -0.3 is 20.1 Å². The van der Waals surface area contributed by atoms with Crippen LogP contribution in [0.4, 0.5) is 5.69 Å². The van der Waals surface area contributed by atoms with Gasteiger partial charge in [-0.05, 0) is 36.2 Å². The molecular formula is C28H30N2O2. The predicted molar refractivity (Wildman–Crippen MR) is 132 cm³/mol. The van der Waals surface area contributed by atoms with Gasteiger partial charge in [0, 0.05) is 29.7 Å². The third-order valence-corrected chi connectivity index (χ3v) is 5.47. The number of hydrogen-bond acceptors (Lipinski definition) is 4. The molecule has 4 nitrogen and oxygen atoms in total. The smallest absolute Gasteiger partial charge is 0.128 e. The van der Waals surface area contributed by atoms with Crippen LogP contribution >= 0.6 is 0 Å². The molecule has 0 fully saturated rings. The summed E-state index contributed by atoms with van der Waals surface area (Å²) in [5.74, 6) is 0.884. The van der Waals surface area contributed by atoms with Gasteiger partial charge >= 0.3 is 0 Å². The monoisotopic (exact) mass is 426 g/mol. The van der Waals surface area contributed by atoms with Gasteiger partial charge in [-0.25, -0.2) is 0 Å². The van der Waals surface area contributed by atoms with E-state index in [4.69, 9.17) is 4.74 Å². The summed E-state index contributed by atoms with van der Waals surface area (Å²) in [5, 5.41) is 14.3. The summed E-state index contributed by atoms with van der Waals surface area (Å²) in [6, 6.07) is 25.9. The summed E-state index contributed by atoms with van der Waals surface area (Å²) in [7, 11) is 0. The van der Waals surface area contributed by atoms with Crippen LogP contribution in [0.25, 0.3) is 11.4 Å². The van der Waals surface area contributed by atoms with Crippen molar-refractivity contribution in [2.75, 3.05) is 11.5 Å². The average molecular weight is 427 g/mol. The first-order valence-electron chi connectivity index (χ1n) is 11.3. The minimum Gasteiger partial charge on any atom is -0.507 e. The Balaban J connectivity index is 1.58. The third kappa shape index (κ3) is 5.33. The fourth-order valence-corrected chi connectivity index (χ4v) is 3.72. The van der Waals surface area contributed by atoms with Crippen molar-refractivity contribution in [1.82, 2.24) is 5.32 Å². The topological polar surface area (TPSA) is 44.7 Å². The number of hydrogen-bond donors (Lipinski definition) is 2. The Morgan fingerprint density at radius 1 is 0.812 bits per heavy atom. The number of ether oxygens (including phenoxy) is 1. The van der Waals surface area contributed by atoms with Crippen LogP contribution in [0.15, 0.2) is 91.3 Å². The van der Waals surface area contributed by atoms with Crippen LogP contribution in [0.1, 0.15) is 43.7 Å². The van der Waals surface area contributed by atoms with E-state index in [1.54, 1.807) is 6.07 Å². The zero-order valence-corrected chi connectivity index (χ0v) is 18.5. The first kappa shape index (κ1) is 21.6. The third-order valence-electron chi connectivity index (χ3n) is 5.47. The van der Waals surface area contributed by atoms with E-state index in [0.29, 0.717) is 12.4 Å². The fourth-order valence-electron chi connectivity index (χ4n) is 3.72. The predicted octanol–water partition coefficient (Wildman–Crippen LogP) is 6.76. The van der Waals surface area contributed by atoms with Gasteiger partial charge in [-0.2, -0.15) is 0 Å². The van der Waals surface area contributed by atoms with Crippen molar-refractivity contribution < 1.29 is 9.84 Å². The molecule has 0 atom stereocenters. The number of aromatic hydroxyl groups is 1. The van der Waals surface area contributed by atoms with Crippen molar-refractivity contribution in [2.24, 2.45) is 0 Å². The van der Waals surface area contributed by atoms with E-state index in [1.807, 2.05) is 54.7 Å². The van der Waals surface area contributed by atoms with Crippen LogP contribution in [0.5, 0.6) is 11.5 Å². The van der Waals surface area contributed by atoms with Crippen molar-refractivity contribution in [2.45, 2.75) is 32.6 Å². The lowest BCUT2D eigenvalue weighted by Crippen LogP contribution is -2.23. The Morgan fingerprint density at radius 3 is 2.25 bits per heavy atom. The molecule has 0 bridgehead atoms. The molecule has 0 unspecified atom stereocenters. The summed E-state index contributed by atoms with van der Waals surface area (Å²) in [4.78, 5) is 2.08. The molecular weight excluding hydrogens is 396 g/mol. The van der Waals surface area contributed by atoms with Crippen LogP contribution in [-0.2, 0) is 0 Å². The molecule has 1 heterocycles. The number of rotatable bonds is 9. The molecule has 0 aromatic heterocycles. The summed E-state index contributed by atoms with van der Waals surface area (Å²) >= 11 is 0. The minimum absolute atomic E-state index is 0.192. The van der Waals surface area contributed by atoms with E-state index in [1.165, 1.54) is 19.3 Å². The minimum atomic E-state index is 0.192. The molecule has 4 rings (SSSR count). The Kier molecular flexibility index (Phi) is 7.13. The normalized spacial score (nSPS) is 13.2. The number of benzene rings is 3. The molecule has 0 spiro atoms. The van der Waals surface area contributed by atoms with Crippen molar-refractivity contribution >= 4 is 17.1 Å². The van der Waals surface area contributed by atoms with Crippen LogP contribution in [0.3, 0.4) is 0 Å². The first-order chi connectivity index (χ1) is 15.7. The molecule has 164 valence electrons. The number of phenols is 1. The molecule has 0 saturated carbocycles. The average Bonchev–Trinajstić information content (AvgIpc) is 2.85. The molecule has 1 aliphatic heterocycles. The Labute approximate surface area is 190 Å². The highest BCUT2D eigenvalue weighted by Crippen LogP contribution is 2.33. The van der Waals surface area contributed by atoms with Crippen LogP contribution in [0, 0.1) is 0 Å². The van der Waals surface area contributed by atoms with Gasteiger partial charge in [0.05, 0.1) is 18.0 Å². The highest BCUT2D eigenvalue weighted by Gasteiger charge is 2.18. The maximum Gasteiger partial charge on any atom is 0.128 e. The van der Waals surface area contributed by atoms with Crippen LogP contribution in [-0.4, -0.2) is 11.7 Å². The second kappa shape index (κ2) is 10.6. The second-order valence-corrected chi connectivity index (χ2v) is 7.91. The highest BCUT2D eigenvalue weighted by atomic mass is 16.5. The molecule has 2 N–H and O–H groups in total. The molecule has 32 heavy (non-hydrogen) atoms. The second-order valence-electron chi connectivity index (χ2n) is 7.91. The quantitative estimate of drug-likeness (QED) is 0.371. The van der Waals surface area contributed by atoms with Crippen LogP contribution in [0.2, 0.25) is 0 Å². The van der Waals surface area contributed by atoms with Gasteiger partial charge in [-0.3, -0.25) is 0 Å². The number of nitrogens with one attached hydrogen (secondary N) is 1. The van der Waals surface area contributed by atoms with Crippen molar-refractivity contribution in [3.63, 3.8) is 0 Å². The molecule has 0 aliphatic carbocycles. The molecule has 3 aromatic rings. The van der Waals surface area contributed by atoms with E-state index in [-0.39, 0.29) is 5.75 Å². The molecule has 3 aromatic carbocycles. The lowest BCUT2D eigenvalue weighted by molar-refractivity contribution is 0.303. The van der Waals surface area contributed by atoms with Gasteiger partial charge in [0.2, 0.25) is 0 Å². The van der Waals surface area contributed by atoms with Gasteiger partial charge in [0.15, 0.2) is 0 Å². The number of nitrogens with zero attached hydrogens (tertiary/aromatic N) is 1. The van der Waals surface area contributed by atoms with Gasteiger partial charge in [0.1, 0.15) is 11.5 Å². The standard InChI is InChI=1S/C28H30N2O2/c1-2-3-4-11-18-32-24-16-17-25(28(31)19-24)27-21-30(23-14-9-6-10-15-23)20-26(29-27)22-12-7-5-8-13-22/h5-10,12-17,19-21,29,31H,2-4,11,18H2,1H3. The zero-order chi connectivity index (χ0) is 22.2. The summed E-state index contributed by atoms with van der Waals surface area (Å²) < 4.78 is 5.83. The fraction of sp³-hybridized carbons (Fsp3) is 0.214. The molecule has 1 aliphatic rings. The van der Waals surface area contributed by atoms with Crippen molar-refractivity contribution in [3.05, 3.63) is 102 Å². The number of anilines is 1. The first-order valence-corrected chi connectivity index (χ1v) is 11.3. The number of unbranched alkanes of at least 4 members (excludes halogenated alkanes) is 3. The number of phenolic OH excluding ortho intramolecular Hbond substituents is 1. The Hall–Kier alpha value is -3.66. The summed E-state index contributed by atoms with van der Waals surface area (Å²) in [5.41, 5.74) is 4.63. The highest BCUT2D eigenvalue weighted by molar-refractivity contribution is 5.85. The van der Waals surface area contributed by atoms with Gasteiger partial charge in [0.25, 0.3) is 0 Å². The van der Waals surface area contributed by atoms with Gasteiger partial charge in [-0.1, -0.05) is 74.7 Å². The summed E-state index contributed by atoms with van der Waals surface area (Å²) in [6.45, 7) is 2.87. The zero-order valence-electron chi connectivity index (χ0n) is 18.5. The maximum atomic E-state index is 10.8. The molecule has 0 radical (unpaired) electrons. The largest absolute Gasteiger partial charge is 0.507 e. The van der Waals surface area contributed by atoms with Crippen molar-refractivity contribution in [1.29, 1.82) is 0 Å². The Bertz CT molecular complexity index is 1080. The van der Waals surface area contributed by atoms with E-state index < -0.39 is 0 Å². The molecule has 0 amide bonds. The van der Waals surface area contributed by atoms with E-state index >= 15 is 0 Å². The van der Waals surface area contributed by atoms with E-state index in [9.17, 15) is 5.11 Å². The molecule has 0 saturated heterocycles. The van der Waals surface area contributed by atoms with E-state index in [0.717, 1.165) is 34.6 Å². The van der Waals surface area contributed by atoms with Gasteiger partial charge in [-0.15, -0.1) is 0 Å². The SMILES string of the molecule is CCCCCCOc1ccc(C2=CN(c3ccccc3)C=C(c3ccccc3)N2)c(O)c1. The molecule has 4 heteroatoms. The lowest BCUT2D eigenvalue weighted by atomic mass is 10.1. The summed E-state index contributed by atoms with van der Waals surface area (Å²) in [6.07, 6.45) is 8.70. The maximum absolute atomic E-state index is 10.8. The van der Waals surface area contributed by atoms with Crippen LogP contribution < -0.4 is 15.0 Å². The number of para-hydroxylation sites is 1. The Morgan fingerprint density at radius 2 is 1.53 bits per heavy atom. The van der Waals surface area contributed by atoms with E-state index in [2.05, 4.69) is 47.6 Å².